The van der Waals surface area contributed by atoms with Gasteiger partial charge in [-0.2, -0.15) is 0 Å². The van der Waals surface area contributed by atoms with E-state index in [2.05, 4.69) is 26.6 Å². The number of carbonyl (C=O) groups excluding carboxylic acids is 2. The molecule has 1 aliphatic rings. The van der Waals surface area contributed by atoms with E-state index in [1.165, 1.54) is 18.6 Å². The van der Waals surface area contributed by atoms with Crippen LogP contribution >= 0.6 is 15.9 Å². The van der Waals surface area contributed by atoms with E-state index in [1.54, 1.807) is 42.5 Å². The summed E-state index contributed by atoms with van der Waals surface area (Å²) in [6.07, 6.45) is 6.53. The molecule has 0 atom stereocenters. The zero-order chi connectivity index (χ0) is 19.9. The van der Waals surface area contributed by atoms with E-state index in [9.17, 15) is 14.0 Å². The lowest BCUT2D eigenvalue weighted by Crippen LogP contribution is -2.41. The zero-order valence-electron chi connectivity index (χ0n) is 15.4. The smallest absolute Gasteiger partial charge is 0.268 e. The summed E-state index contributed by atoms with van der Waals surface area (Å²) in [6, 6.07) is 13.0. The van der Waals surface area contributed by atoms with Crippen molar-refractivity contribution in [2.24, 2.45) is 0 Å². The van der Waals surface area contributed by atoms with Crippen LogP contribution in [0.25, 0.3) is 6.08 Å². The number of hydrogen-bond donors (Lipinski definition) is 2. The van der Waals surface area contributed by atoms with Crippen molar-refractivity contribution >= 4 is 33.8 Å². The Kier molecular flexibility index (Phi) is 6.98. The lowest BCUT2D eigenvalue weighted by molar-refractivity contribution is -0.118. The molecule has 0 saturated heterocycles. The van der Waals surface area contributed by atoms with Gasteiger partial charge in [-0.25, -0.2) is 4.39 Å². The Balaban J connectivity index is 1.83. The lowest BCUT2D eigenvalue weighted by Gasteiger charge is -2.23. The van der Waals surface area contributed by atoms with Crippen LogP contribution in [0.1, 0.15) is 48.0 Å². The van der Waals surface area contributed by atoms with Gasteiger partial charge >= 0.3 is 0 Å². The Morgan fingerprint density at radius 3 is 2.36 bits per heavy atom. The molecule has 2 amide bonds. The summed E-state index contributed by atoms with van der Waals surface area (Å²) in [4.78, 5) is 25.4. The van der Waals surface area contributed by atoms with E-state index in [0.717, 1.165) is 30.2 Å². The first kappa shape index (κ1) is 20.3. The predicted molar refractivity (Wildman–Crippen MR) is 111 cm³/mol. The quantitative estimate of drug-likeness (QED) is 0.650. The SMILES string of the molecule is O=C(NC1CCCCC1)/C(=C/c1ccccc1F)NC(=O)c1ccc(Br)cc1. The third-order valence-electron chi connectivity index (χ3n) is 4.74. The molecular weight excluding hydrogens is 423 g/mol. The van der Waals surface area contributed by atoms with Crippen molar-refractivity contribution in [1.82, 2.24) is 10.6 Å². The predicted octanol–water partition coefficient (Wildman–Crippen LogP) is 4.81. The van der Waals surface area contributed by atoms with Crippen LogP contribution in [-0.2, 0) is 4.79 Å². The van der Waals surface area contributed by atoms with Crippen molar-refractivity contribution in [3.05, 3.63) is 75.6 Å². The van der Waals surface area contributed by atoms with Crippen LogP contribution in [0.15, 0.2) is 58.7 Å². The third kappa shape index (κ3) is 5.52. The fourth-order valence-electron chi connectivity index (χ4n) is 3.21. The van der Waals surface area contributed by atoms with Crippen LogP contribution in [0, 0.1) is 5.82 Å². The van der Waals surface area contributed by atoms with Gasteiger partial charge in [0.05, 0.1) is 0 Å². The van der Waals surface area contributed by atoms with Gasteiger partial charge in [-0.05, 0) is 49.2 Å². The molecule has 146 valence electrons. The number of nitrogens with one attached hydrogen (secondary N) is 2. The number of amides is 2. The number of benzene rings is 2. The number of hydrogen-bond acceptors (Lipinski definition) is 2. The first-order valence-corrected chi connectivity index (χ1v) is 10.2. The van der Waals surface area contributed by atoms with E-state index in [-0.39, 0.29) is 17.3 Å². The number of carbonyl (C=O) groups is 2. The molecule has 0 bridgehead atoms. The number of rotatable bonds is 5. The molecule has 1 fully saturated rings. The molecule has 2 N–H and O–H groups in total. The van der Waals surface area contributed by atoms with Crippen LogP contribution in [0.5, 0.6) is 0 Å². The second-order valence-corrected chi connectivity index (χ2v) is 7.76. The Labute approximate surface area is 172 Å². The fraction of sp³-hybridized carbons (Fsp3) is 0.273. The zero-order valence-corrected chi connectivity index (χ0v) is 17.0. The molecule has 2 aromatic rings. The van der Waals surface area contributed by atoms with Gasteiger partial charge in [-0.15, -0.1) is 0 Å². The molecule has 6 heteroatoms. The molecule has 0 unspecified atom stereocenters. The highest BCUT2D eigenvalue weighted by Gasteiger charge is 2.20. The maximum Gasteiger partial charge on any atom is 0.268 e. The van der Waals surface area contributed by atoms with Gasteiger partial charge in [0, 0.05) is 21.6 Å². The average molecular weight is 445 g/mol. The van der Waals surface area contributed by atoms with E-state index >= 15 is 0 Å². The molecule has 1 saturated carbocycles. The highest BCUT2D eigenvalue weighted by molar-refractivity contribution is 9.10. The summed E-state index contributed by atoms with van der Waals surface area (Å²) in [5, 5.41) is 5.62. The molecule has 0 spiro atoms. The Morgan fingerprint density at radius 1 is 1.00 bits per heavy atom. The molecule has 2 aromatic carbocycles. The van der Waals surface area contributed by atoms with Crippen LogP contribution in [-0.4, -0.2) is 17.9 Å². The lowest BCUT2D eigenvalue weighted by atomic mass is 9.95. The van der Waals surface area contributed by atoms with Gasteiger partial charge in [0.2, 0.25) is 0 Å². The molecule has 28 heavy (non-hydrogen) atoms. The fourth-order valence-corrected chi connectivity index (χ4v) is 3.48. The van der Waals surface area contributed by atoms with Gasteiger partial charge < -0.3 is 10.6 Å². The molecule has 0 radical (unpaired) electrons. The molecular formula is C22H22BrFN2O2. The molecule has 3 rings (SSSR count). The number of halogens is 2. The van der Waals surface area contributed by atoms with Crippen molar-refractivity contribution in [2.45, 2.75) is 38.1 Å². The van der Waals surface area contributed by atoms with E-state index in [1.807, 2.05) is 0 Å². The summed E-state index contributed by atoms with van der Waals surface area (Å²) in [5.41, 5.74) is 0.684. The summed E-state index contributed by atoms with van der Waals surface area (Å²) in [6.45, 7) is 0. The van der Waals surface area contributed by atoms with E-state index < -0.39 is 17.6 Å². The maximum atomic E-state index is 14.1. The molecule has 0 heterocycles. The van der Waals surface area contributed by atoms with Crippen LogP contribution in [0.4, 0.5) is 4.39 Å². The Hall–Kier alpha value is -2.47. The molecule has 4 nitrogen and oxygen atoms in total. The first-order chi connectivity index (χ1) is 13.5. The molecule has 0 aromatic heterocycles. The molecule has 1 aliphatic carbocycles. The van der Waals surface area contributed by atoms with Crippen molar-refractivity contribution in [3.8, 4) is 0 Å². The monoisotopic (exact) mass is 444 g/mol. The van der Waals surface area contributed by atoms with E-state index in [4.69, 9.17) is 0 Å². The Morgan fingerprint density at radius 2 is 1.68 bits per heavy atom. The van der Waals surface area contributed by atoms with Crippen molar-refractivity contribution in [2.75, 3.05) is 0 Å². The Bertz CT molecular complexity index is 874. The topological polar surface area (TPSA) is 58.2 Å². The second-order valence-electron chi connectivity index (χ2n) is 6.85. The minimum absolute atomic E-state index is 0.0311. The summed E-state index contributed by atoms with van der Waals surface area (Å²) >= 11 is 3.33. The van der Waals surface area contributed by atoms with Crippen molar-refractivity contribution in [1.29, 1.82) is 0 Å². The standard InChI is InChI=1S/C22H22BrFN2O2/c23-17-12-10-15(11-13-17)21(27)26-20(14-16-6-4-5-9-19(16)24)22(28)25-18-7-2-1-3-8-18/h4-6,9-14,18H,1-3,7-8H2,(H,25,28)(H,26,27)/b20-14-. The van der Waals surface area contributed by atoms with Gasteiger partial charge in [-0.3, -0.25) is 9.59 Å². The largest absolute Gasteiger partial charge is 0.348 e. The van der Waals surface area contributed by atoms with E-state index in [0.29, 0.717) is 5.56 Å². The highest BCUT2D eigenvalue weighted by atomic mass is 79.9. The average Bonchev–Trinajstić information content (AvgIpc) is 2.70. The summed E-state index contributed by atoms with van der Waals surface area (Å²) in [7, 11) is 0. The summed E-state index contributed by atoms with van der Waals surface area (Å²) < 4.78 is 14.9. The van der Waals surface area contributed by atoms with Crippen LogP contribution in [0.2, 0.25) is 0 Å². The van der Waals surface area contributed by atoms with Crippen LogP contribution < -0.4 is 10.6 Å². The maximum absolute atomic E-state index is 14.1. The summed E-state index contributed by atoms with van der Waals surface area (Å²) in [5.74, 6) is -1.28. The molecule has 0 aliphatic heterocycles. The van der Waals surface area contributed by atoms with Gasteiger partial charge in [0.25, 0.3) is 11.8 Å². The van der Waals surface area contributed by atoms with Crippen molar-refractivity contribution in [3.63, 3.8) is 0 Å². The van der Waals surface area contributed by atoms with Crippen molar-refractivity contribution < 1.29 is 14.0 Å². The second kappa shape index (κ2) is 9.64. The van der Waals surface area contributed by atoms with Gasteiger partial charge in [0.15, 0.2) is 0 Å². The first-order valence-electron chi connectivity index (χ1n) is 9.37. The minimum Gasteiger partial charge on any atom is -0.348 e. The third-order valence-corrected chi connectivity index (χ3v) is 5.27. The van der Waals surface area contributed by atoms with Gasteiger partial charge in [0.1, 0.15) is 11.5 Å². The highest BCUT2D eigenvalue weighted by Crippen LogP contribution is 2.18. The van der Waals surface area contributed by atoms with Gasteiger partial charge in [-0.1, -0.05) is 53.4 Å². The minimum atomic E-state index is -0.455. The van der Waals surface area contributed by atoms with Crippen LogP contribution in [0.3, 0.4) is 0 Å². The normalized spacial score (nSPS) is 15.1.